The quantitative estimate of drug-likeness (QED) is 0.775. The first-order valence-corrected chi connectivity index (χ1v) is 10.9. The zero-order valence-corrected chi connectivity index (χ0v) is 17.7. The number of rotatable bonds is 7. The highest BCUT2D eigenvalue weighted by Crippen LogP contribution is 2.40. The number of likely N-dealkylation sites (tertiary alicyclic amines) is 1. The van der Waals surface area contributed by atoms with E-state index < -0.39 is 0 Å². The fourth-order valence-corrected chi connectivity index (χ4v) is 4.95. The molecule has 3 rings (SSSR count). The van der Waals surface area contributed by atoms with Gasteiger partial charge in [-0.15, -0.1) is 0 Å². The predicted octanol–water partition coefficient (Wildman–Crippen LogP) is 3.56. The fraction of sp³-hybridized carbons (Fsp3) is 0.696. The average molecular weight is 390 g/mol. The number of piperidine rings is 1. The number of benzene rings is 1. The summed E-state index contributed by atoms with van der Waals surface area (Å²) in [6.07, 6.45) is 6.71. The Labute approximate surface area is 169 Å². The molecule has 2 fully saturated rings. The molecule has 4 nitrogen and oxygen atoms in total. The largest absolute Gasteiger partial charge is 0.354 e. The molecule has 5 heteroatoms. The standard InChI is InChI=1S/C23H36FN3O/c1-18(2)27-14-10-21(11-15-27)26(3)16-22(28)25-17-23(12-4-5-13-23)19-6-8-20(24)9-7-19/h6-9,18,21H,4-5,10-17H2,1-3H3,(H,25,28). The summed E-state index contributed by atoms with van der Waals surface area (Å²) in [6.45, 7) is 7.82. The summed E-state index contributed by atoms with van der Waals surface area (Å²) < 4.78 is 13.3. The van der Waals surface area contributed by atoms with E-state index in [0.29, 0.717) is 25.2 Å². The highest BCUT2D eigenvalue weighted by Gasteiger charge is 2.36. The van der Waals surface area contributed by atoms with Crippen molar-refractivity contribution in [1.82, 2.24) is 15.1 Å². The zero-order chi connectivity index (χ0) is 20.1. The lowest BCUT2D eigenvalue weighted by Gasteiger charge is -2.38. The van der Waals surface area contributed by atoms with Crippen LogP contribution in [0, 0.1) is 5.82 Å². The Bertz CT molecular complexity index is 632. The van der Waals surface area contributed by atoms with Gasteiger partial charge in [-0.3, -0.25) is 9.69 Å². The highest BCUT2D eigenvalue weighted by molar-refractivity contribution is 5.78. The Balaban J connectivity index is 1.51. The Morgan fingerprint density at radius 2 is 1.82 bits per heavy atom. The summed E-state index contributed by atoms with van der Waals surface area (Å²) in [5.41, 5.74) is 1.12. The molecule has 0 aromatic heterocycles. The molecule has 1 saturated carbocycles. The maximum atomic E-state index is 13.3. The summed E-state index contributed by atoms with van der Waals surface area (Å²) >= 11 is 0. The average Bonchev–Trinajstić information content (AvgIpc) is 3.17. The Morgan fingerprint density at radius 1 is 1.21 bits per heavy atom. The van der Waals surface area contributed by atoms with E-state index >= 15 is 0 Å². The fourth-order valence-electron chi connectivity index (χ4n) is 4.95. The zero-order valence-electron chi connectivity index (χ0n) is 17.7. The third-order valence-electron chi connectivity index (χ3n) is 6.89. The molecule has 1 heterocycles. The second kappa shape index (κ2) is 9.36. The molecular weight excluding hydrogens is 353 g/mol. The number of likely N-dealkylation sites (N-methyl/N-ethyl adjacent to an activating group) is 1. The van der Waals surface area contributed by atoms with Crippen molar-refractivity contribution in [3.63, 3.8) is 0 Å². The number of amides is 1. The minimum absolute atomic E-state index is 0.0372. The summed E-state index contributed by atoms with van der Waals surface area (Å²) in [5.74, 6) is -0.103. The number of hydrogen-bond donors (Lipinski definition) is 1. The summed E-state index contributed by atoms with van der Waals surface area (Å²) in [4.78, 5) is 17.4. The third kappa shape index (κ3) is 5.12. The molecule has 1 amide bonds. The van der Waals surface area contributed by atoms with Gasteiger partial charge < -0.3 is 10.2 Å². The molecule has 1 aromatic rings. The number of carbonyl (C=O) groups excluding carboxylic acids is 1. The van der Waals surface area contributed by atoms with Crippen molar-refractivity contribution < 1.29 is 9.18 Å². The molecule has 0 radical (unpaired) electrons. The van der Waals surface area contributed by atoms with Crippen LogP contribution in [0.3, 0.4) is 0 Å². The first-order chi connectivity index (χ1) is 13.4. The molecule has 1 aromatic carbocycles. The van der Waals surface area contributed by atoms with Crippen molar-refractivity contribution in [3.05, 3.63) is 35.6 Å². The van der Waals surface area contributed by atoms with Crippen LogP contribution in [0.15, 0.2) is 24.3 Å². The minimum atomic E-state index is -0.203. The van der Waals surface area contributed by atoms with Gasteiger partial charge in [0.15, 0.2) is 0 Å². The van der Waals surface area contributed by atoms with Crippen LogP contribution in [-0.2, 0) is 10.2 Å². The molecule has 0 spiro atoms. The number of hydrogen-bond acceptors (Lipinski definition) is 3. The first-order valence-electron chi connectivity index (χ1n) is 10.9. The van der Waals surface area contributed by atoms with E-state index in [2.05, 4.69) is 36.0 Å². The van der Waals surface area contributed by atoms with Gasteiger partial charge in [0.1, 0.15) is 5.82 Å². The Kier molecular flexibility index (Phi) is 7.10. The van der Waals surface area contributed by atoms with Crippen molar-refractivity contribution in [1.29, 1.82) is 0 Å². The van der Waals surface area contributed by atoms with Crippen LogP contribution in [0.1, 0.15) is 57.9 Å². The van der Waals surface area contributed by atoms with Crippen LogP contribution < -0.4 is 5.32 Å². The molecule has 0 atom stereocenters. The number of nitrogens with zero attached hydrogens (tertiary/aromatic N) is 2. The van der Waals surface area contributed by atoms with Gasteiger partial charge in [0, 0.05) is 24.0 Å². The lowest BCUT2D eigenvalue weighted by atomic mass is 9.79. The maximum absolute atomic E-state index is 13.3. The minimum Gasteiger partial charge on any atom is -0.354 e. The second-order valence-electron chi connectivity index (χ2n) is 9.05. The van der Waals surface area contributed by atoms with Gasteiger partial charge in [-0.05, 0) is 77.4 Å². The van der Waals surface area contributed by atoms with E-state index in [1.165, 1.54) is 25.0 Å². The van der Waals surface area contributed by atoms with Crippen LogP contribution in [-0.4, -0.2) is 61.0 Å². The van der Waals surface area contributed by atoms with E-state index in [1.807, 2.05) is 12.1 Å². The van der Waals surface area contributed by atoms with E-state index in [-0.39, 0.29) is 17.1 Å². The van der Waals surface area contributed by atoms with E-state index in [4.69, 9.17) is 0 Å². The molecule has 1 N–H and O–H groups in total. The lowest BCUT2D eigenvalue weighted by molar-refractivity contribution is -0.123. The molecular formula is C23H36FN3O. The van der Waals surface area contributed by atoms with Crippen LogP contribution >= 0.6 is 0 Å². The predicted molar refractivity (Wildman–Crippen MR) is 112 cm³/mol. The van der Waals surface area contributed by atoms with Gasteiger partial charge in [0.2, 0.25) is 5.91 Å². The van der Waals surface area contributed by atoms with Crippen molar-refractivity contribution in [3.8, 4) is 0 Å². The van der Waals surface area contributed by atoms with Crippen molar-refractivity contribution >= 4 is 5.91 Å². The normalized spacial score (nSPS) is 20.8. The molecule has 28 heavy (non-hydrogen) atoms. The van der Waals surface area contributed by atoms with Crippen LogP contribution in [0.5, 0.6) is 0 Å². The second-order valence-corrected chi connectivity index (χ2v) is 9.05. The summed E-state index contributed by atoms with van der Waals surface area (Å²) in [6, 6.07) is 7.94. The highest BCUT2D eigenvalue weighted by atomic mass is 19.1. The van der Waals surface area contributed by atoms with Crippen molar-refractivity contribution in [2.24, 2.45) is 0 Å². The molecule has 1 saturated heterocycles. The monoisotopic (exact) mass is 389 g/mol. The van der Waals surface area contributed by atoms with Gasteiger partial charge in [0.05, 0.1) is 6.54 Å². The first kappa shape index (κ1) is 21.3. The van der Waals surface area contributed by atoms with Gasteiger partial charge in [-0.2, -0.15) is 0 Å². The van der Waals surface area contributed by atoms with E-state index in [1.54, 1.807) is 0 Å². The number of carbonyl (C=O) groups is 1. The van der Waals surface area contributed by atoms with Gasteiger partial charge in [-0.25, -0.2) is 4.39 Å². The van der Waals surface area contributed by atoms with Crippen molar-refractivity contribution in [2.45, 2.75) is 69.9 Å². The van der Waals surface area contributed by atoms with E-state index in [0.717, 1.165) is 44.3 Å². The molecule has 156 valence electrons. The molecule has 2 aliphatic rings. The Morgan fingerprint density at radius 3 is 2.39 bits per heavy atom. The van der Waals surface area contributed by atoms with Gasteiger partial charge in [-0.1, -0.05) is 25.0 Å². The van der Waals surface area contributed by atoms with Crippen LogP contribution in [0.2, 0.25) is 0 Å². The molecule has 0 bridgehead atoms. The lowest BCUT2D eigenvalue weighted by Crippen LogP contribution is -2.49. The van der Waals surface area contributed by atoms with Crippen molar-refractivity contribution in [2.75, 3.05) is 33.2 Å². The molecule has 1 aliphatic heterocycles. The number of halogens is 1. The third-order valence-corrected chi connectivity index (χ3v) is 6.89. The SMILES string of the molecule is CC(C)N1CCC(N(C)CC(=O)NCC2(c3ccc(F)cc3)CCCC2)CC1. The van der Waals surface area contributed by atoms with E-state index in [9.17, 15) is 9.18 Å². The smallest absolute Gasteiger partial charge is 0.234 e. The topological polar surface area (TPSA) is 35.6 Å². The van der Waals surface area contributed by atoms with Crippen LogP contribution in [0.25, 0.3) is 0 Å². The van der Waals surface area contributed by atoms with Crippen LogP contribution in [0.4, 0.5) is 4.39 Å². The molecule has 0 unspecified atom stereocenters. The molecule has 1 aliphatic carbocycles. The van der Waals surface area contributed by atoms with Gasteiger partial charge in [0.25, 0.3) is 0 Å². The summed E-state index contributed by atoms with van der Waals surface area (Å²) in [7, 11) is 2.07. The Hall–Kier alpha value is -1.46. The maximum Gasteiger partial charge on any atom is 0.234 e. The van der Waals surface area contributed by atoms with Gasteiger partial charge >= 0.3 is 0 Å². The number of nitrogens with one attached hydrogen (secondary N) is 1. The summed E-state index contributed by atoms with van der Waals surface area (Å²) in [5, 5.41) is 3.19.